The number of aliphatic hydroxyl groups excluding tert-OH is 1. The second kappa shape index (κ2) is 20.8. The van der Waals surface area contributed by atoms with Gasteiger partial charge in [-0.15, -0.1) is 0 Å². The number of ether oxygens (including phenoxy) is 1. The van der Waals surface area contributed by atoms with E-state index in [1.165, 1.54) is 70.6 Å². The third kappa shape index (κ3) is 22.1. The molecule has 0 bridgehead atoms. The van der Waals surface area contributed by atoms with Crippen LogP contribution in [0.2, 0.25) is 0 Å². The number of hydrogen-bond donors (Lipinski definition) is 3. The molecule has 174 valence electrons. The van der Waals surface area contributed by atoms with Crippen LogP contribution in [0.4, 0.5) is 0 Å². The Labute approximate surface area is 177 Å². The molecule has 0 aromatic rings. The Morgan fingerprint density at radius 2 is 1.45 bits per heavy atom. The van der Waals surface area contributed by atoms with E-state index < -0.39 is 13.9 Å². The van der Waals surface area contributed by atoms with Crippen LogP contribution in [0.25, 0.3) is 0 Å². The van der Waals surface area contributed by atoms with E-state index in [1.54, 1.807) is 6.26 Å². The first-order chi connectivity index (χ1) is 14.0. The van der Waals surface area contributed by atoms with Crippen molar-refractivity contribution in [2.24, 2.45) is 5.73 Å². The van der Waals surface area contributed by atoms with Crippen molar-refractivity contribution in [1.29, 1.82) is 0 Å². The maximum Gasteiger partial charge on any atom is 0.472 e. The van der Waals surface area contributed by atoms with Crippen molar-refractivity contribution in [1.82, 2.24) is 0 Å². The third-order valence-corrected chi connectivity index (χ3v) is 5.49. The minimum Gasteiger partial charge on any atom is -0.499 e. The molecule has 0 aromatic heterocycles. The van der Waals surface area contributed by atoms with Crippen molar-refractivity contribution >= 4 is 7.82 Å². The van der Waals surface area contributed by atoms with Gasteiger partial charge in [-0.25, -0.2) is 4.57 Å². The van der Waals surface area contributed by atoms with Crippen LogP contribution >= 0.6 is 7.82 Å². The van der Waals surface area contributed by atoms with Crippen molar-refractivity contribution in [2.45, 2.75) is 96.5 Å². The van der Waals surface area contributed by atoms with Gasteiger partial charge in [0.2, 0.25) is 0 Å². The molecule has 0 heterocycles. The summed E-state index contributed by atoms with van der Waals surface area (Å²) in [4.78, 5) is 9.30. The lowest BCUT2D eigenvalue weighted by Crippen LogP contribution is -2.20. The second-order valence-corrected chi connectivity index (χ2v) is 8.88. The number of hydrogen-bond acceptors (Lipinski definition) is 6. The molecule has 4 N–H and O–H groups in total. The van der Waals surface area contributed by atoms with Crippen LogP contribution < -0.4 is 5.73 Å². The van der Waals surface area contributed by atoms with Crippen molar-refractivity contribution in [2.75, 3.05) is 26.4 Å². The first kappa shape index (κ1) is 28.6. The molecule has 7 nitrogen and oxygen atoms in total. The van der Waals surface area contributed by atoms with Crippen LogP contribution in [0.15, 0.2) is 12.3 Å². The molecular formula is C21H44NO6P. The van der Waals surface area contributed by atoms with Crippen LogP contribution in [0.3, 0.4) is 0 Å². The fourth-order valence-corrected chi connectivity index (χ4v) is 3.61. The first-order valence-electron chi connectivity index (χ1n) is 11.3. The Morgan fingerprint density at radius 3 is 2.00 bits per heavy atom. The highest BCUT2D eigenvalue weighted by Gasteiger charge is 2.22. The van der Waals surface area contributed by atoms with Gasteiger partial charge in [0, 0.05) is 6.54 Å². The molecule has 0 saturated heterocycles. The zero-order valence-electron chi connectivity index (χ0n) is 18.3. The Morgan fingerprint density at radius 1 is 0.897 bits per heavy atom. The number of unbranched alkanes of at least 4 members (excludes halogenated alkanes) is 12. The summed E-state index contributed by atoms with van der Waals surface area (Å²) in [5, 5.41) is 9.66. The normalized spacial score (nSPS) is 14.9. The molecular weight excluding hydrogens is 393 g/mol. The molecule has 0 radical (unpaired) electrons. The molecule has 29 heavy (non-hydrogen) atoms. The average Bonchev–Trinajstić information content (AvgIpc) is 2.70. The van der Waals surface area contributed by atoms with Gasteiger partial charge < -0.3 is 20.5 Å². The van der Waals surface area contributed by atoms with E-state index >= 15 is 0 Å². The molecule has 2 atom stereocenters. The van der Waals surface area contributed by atoms with Gasteiger partial charge in [0.15, 0.2) is 0 Å². The molecule has 0 aliphatic heterocycles. The highest BCUT2D eigenvalue weighted by atomic mass is 31.2. The molecule has 0 aromatic carbocycles. The molecule has 0 rings (SSSR count). The SMILES string of the molecule is CCCCCCCCCCCCCCC=COCC(O)COP(=O)(O)OCCN. The highest BCUT2D eigenvalue weighted by molar-refractivity contribution is 7.47. The average molecular weight is 438 g/mol. The molecule has 0 aliphatic rings. The Bertz CT molecular complexity index is 422. The molecule has 0 fully saturated rings. The van der Waals surface area contributed by atoms with Gasteiger partial charge in [-0.1, -0.05) is 77.6 Å². The van der Waals surface area contributed by atoms with Crippen molar-refractivity contribution in [3.8, 4) is 0 Å². The van der Waals surface area contributed by atoms with E-state index in [-0.39, 0.29) is 26.4 Å². The second-order valence-electron chi connectivity index (χ2n) is 7.42. The topological polar surface area (TPSA) is 111 Å². The summed E-state index contributed by atoms with van der Waals surface area (Å²) in [6.45, 7) is 1.94. The number of aliphatic hydroxyl groups is 1. The predicted octanol–water partition coefficient (Wildman–Crippen LogP) is 5.06. The number of nitrogens with two attached hydrogens (primary N) is 1. The van der Waals surface area contributed by atoms with E-state index in [0.717, 1.165) is 12.8 Å². The van der Waals surface area contributed by atoms with Gasteiger partial charge >= 0.3 is 7.82 Å². The minimum atomic E-state index is -4.15. The van der Waals surface area contributed by atoms with Gasteiger partial charge in [-0.05, 0) is 18.9 Å². The predicted molar refractivity (Wildman–Crippen MR) is 118 cm³/mol. The largest absolute Gasteiger partial charge is 0.499 e. The van der Waals surface area contributed by atoms with Gasteiger partial charge in [0.1, 0.15) is 12.7 Å². The molecule has 8 heteroatoms. The van der Waals surface area contributed by atoms with E-state index in [9.17, 15) is 14.6 Å². The maximum atomic E-state index is 11.4. The number of rotatable bonds is 22. The Kier molecular flexibility index (Phi) is 20.5. The van der Waals surface area contributed by atoms with Crippen molar-refractivity contribution in [3.05, 3.63) is 12.3 Å². The van der Waals surface area contributed by atoms with Gasteiger partial charge in [0.25, 0.3) is 0 Å². The Hall–Kier alpha value is -0.430. The van der Waals surface area contributed by atoms with Crippen LogP contribution in [-0.4, -0.2) is 42.5 Å². The lowest BCUT2D eigenvalue weighted by molar-refractivity contribution is 0.0311. The zero-order chi connectivity index (χ0) is 21.6. The summed E-state index contributed by atoms with van der Waals surface area (Å²) >= 11 is 0. The van der Waals surface area contributed by atoms with Gasteiger partial charge in [-0.2, -0.15) is 0 Å². The Balaban J connectivity index is 3.38. The summed E-state index contributed by atoms with van der Waals surface area (Å²) < 4.78 is 25.8. The van der Waals surface area contributed by atoms with E-state index in [2.05, 4.69) is 16.0 Å². The molecule has 2 unspecified atom stereocenters. The van der Waals surface area contributed by atoms with E-state index in [4.69, 9.17) is 10.5 Å². The molecule has 0 spiro atoms. The summed E-state index contributed by atoms with van der Waals surface area (Å²) in [5.74, 6) is 0. The minimum absolute atomic E-state index is 0.00810. The number of phosphoric ester groups is 1. The van der Waals surface area contributed by atoms with Crippen LogP contribution in [-0.2, 0) is 18.3 Å². The lowest BCUT2D eigenvalue weighted by Gasteiger charge is -2.14. The van der Waals surface area contributed by atoms with E-state index in [1.807, 2.05) is 6.08 Å². The van der Waals surface area contributed by atoms with Crippen molar-refractivity contribution < 1.29 is 28.3 Å². The summed E-state index contributed by atoms with van der Waals surface area (Å²) in [6.07, 6.45) is 19.4. The van der Waals surface area contributed by atoms with Crippen LogP contribution in [0, 0.1) is 0 Å². The van der Waals surface area contributed by atoms with Gasteiger partial charge in [-0.3, -0.25) is 9.05 Å². The molecule has 0 aliphatic carbocycles. The standard InChI is InChI=1S/C21H44NO6P/c1-2-3-4-5-6-7-8-9-10-11-12-13-14-15-17-26-19-21(23)20-28-29(24,25)27-18-16-22/h15,17,21,23H,2-14,16,18-20,22H2,1H3,(H,24,25). The van der Waals surface area contributed by atoms with Crippen LogP contribution in [0.5, 0.6) is 0 Å². The monoisotopic (exact) mass is 437 g/mol. The fraction of sp³-hybridized carbons (Fsp3) is 0.905. The maximum absolute atomic E-state index is 11.4. The van der Waals surface area contributed by atoms with Gasteiger partial charge in [0.05, 0.1) is 19.5 Å². The van der Waals surface area contributed by atoms with E-state index in [0.29, 0.717) is 0 Å². The molecule has 0 saturated carbocycles. The van der Waals surface area contributed by atoms with Crippen molar-refractivity contribution in [3.63, 3.8) is 0 Å². The lowest BCUT2D eigenvalue weighted by atomic mass is 10.0. The summed E-state index contributed by atoms with van der Waals surface area (Å²) in [5.41, 5.74) is 5.18. The zero-order valence-corrected chi connectivity index (χ0v) is 19.2. The number of allylic oxidation sites excluding steroid dienone is 1. The quantitative estimate of drug-likeness (QED) is 0.123. The van der Waals surface area contributed by atoms with Crippen LogP contribution in [0.1, 0.15) is 90.4 Å². The summed E-state index contributed by atoms with van der Waals surface area (Å²) in [6, 6.07) is 0. The smallest absolute Gasteiger partial charge is 0.472 e. The summed E-state index contributed by atoms with van der Waals surface area (Å²) in [7, 11) is -4.15. The fourth-order valence-electron chi connectivity index (χ4n) is 2.84. The first-order valence-corrected chi connectivity index (χ1v) is 12.8. The third-order valence-electron chi connectivity index (χ3n) is 4.51. The number of phosphoric acid groups is 1. The molecule has 0 amide bonds. The highest BCUT2D eigenvalue weighted by Crippen LogP contribution is 2.42.